The summed E-state index contributed by atoms with van der Waals surface area (Å²) in [6.45, 7) is 6.00. The van der Waals surface area contributed by atoms with Crippen molar-refractivity contribution in [3.8, 4) is 0 Å². The quantitative estimate of drug-likeness (QED) is 0.761. The molecule has 0 unspecified atom stereocenters. The van der Waals surface area contributed by atoms with E-state index >= 15 is 0 Å². The van der Waals surface area contributed by atoms with Gasteiger partial charge in [-0.15, -0.1) is 0 Å². The molecule has 0 bridgehead atoms. The van der Waals surface area contributed by atoms with Crippen molar-refractivity contribution in [2.24, 2.45) is 0 Å². The van der Waals surface area contributed by atoms with E-state index in [1.54, 1.807) is 15.7 Å². The number of piperazine rings is 1. The van der Waals surface area contributed by atoms with Crippen molar-refractivity contribution in [1.29, 1.82) is 0 Å². The number of nitrogens with zero attached hydrogens (tertiary/aromatic N) is 3. The molecule has 0 radical (unpaired) electrons. The van der Waals surface area contributed by atoms with E-state index in [-0.39, 0.29) is 12.1 Å². The molecule has 0 amide bonds. The van der Waals surface area contributed by atoms with E-state index in [1.165, 1.54) is 6.42 Å². The average molecular weight is 317 g/mol. The summed E-state index contributed by atoms with van der Waals surface area (Å²) in [5, 5.41) is 0. The zero-order valence-corrected chi connectivity index (χ0v) is 13.9. The monoisotopic (exact) mass is 317 g/mol. The zero-order valence-electron chi connectivity index (χ0n) is 13.1. The zero-order chi connectivity index (χ0) is 15.0. The first-order valence-corrected chi connectivity index (χ1v) is 9.46. The number of hydrogen-bond acceptors (Lipinski definition) is 4. The van der Waals surface area contributed by atoms with Gasteiger partial charge in [0.15, 0.2) is 0 Å². The second-order valence-corrected chi connectivity index (χ2v) is 8.52. The smallest absolute Gasteiger partial charge is 0.282 e. The molecule has 6 nitrogen and oxygen atoms in total. The van der Waals surface area contributed by atoms with Gasteiger partial charge in [0.2, 0.25) is 0 Å². The van der Waals surface area contributed by atoms with E-state index in [9.17, 15) is 8.42 Å². The van der Waals surface area contributed by atoms with Crippen LogP contribution in [0, 0.1) is 0 Å². The van der Waals surface area contributed by atoms with Crippen LogP contribution in [0.25, 0.3) is 0 Å². The summed E-state index contributed by atoms with van der Waals surface area (Å²) >= 11 is 0. The van der Waals surface area contributed by atoms with Crippen molar-refractivity contribution in [2.75, 3.05) is 39.9 Å². The van der Waals surface area contributed by atoms with Crippen molar-refractivity contribution in [3.05, 3.63) is 0 Å². The number of hydrogen-bond donors (Lipinski definition) is 0. The summed E-state index contributed by atoms with van der Waals surface area (Å²) in [5.74, 6) is 0. The van der Waals surface area contributed by atoms with Crippen LogP contribution in [-0.4, -0.2) is 79.9 Å². The van der Waals surface area contributed by atoms with Crippen molar-refractivity contribution in [2.45, 2.75) is 50.7 Å². The molecule has 3 aliphatic heterocycles. The van der Waals surface area contributed by atoms with E-state index in [0.29, 0.717) is 25.8 Å². The van der Waals surface area contributed by atoms with Crippen molar-refractivity contribution in [3.63, 3.8) is 0 Å². The van der Waals surface area contributed by atoms with E-state index in [0.717, 1.165) is 32.4 Å². The lowest BCUT2D eigenvalue weighted by Gasteiger charge is -2.44. The highest BCUT2D eigenvalue weighted by Crippen LogP contribution is 2.28. The van der Waals surface area contributed by atoms with Crippen LogP contribution in [-0.2, 0) is 14.9 Å². The Kier molecular flexibility index (Phi) is 4.57. The van der Waals surface area contributed by atoms with Crippen LogP contribution in [0.2, 0.25) is 0 Å². The second kappa shape index (κ2) is 6.12. The maximum absolute atomic E-state index is 13.0. The standard InChI is InChI=1S/C14H27N3O3S/c1-12-10-16-7-3-4-14(16)11-17(12)21(18,19)15(2)13-5-8-20-9-6-13/h12-14H,3-11H2,1-2H3/t12-,14-/m0/s1. The summed E-state index contributed by atoms with van der Waals surface area (Å²) in [7, 11) is -1.63. The van der Waals surface area contributed by atoms with Gasteiger partial charge in [-0.1, -0.05) is 0 Å². The van der Waals surface area contributed by atoms with Crippen LogP contribution < -0.4 is 0 Å². The van der Waals surface area contributed by atoms with Gasteiger partial charge < -0.3 is 4.74 Å². The molecule has 0 spiro atoms. The van der Waals surface area contributed by atoms with Crippen LogP contribution in [0.5, 0.6) is 0 Å². The van der Waals surface area contributed by atoms with E-state index < -0.39 is 10.2 Å². The van der Waals surface area contributed by atoms with Gasteiger partial charge in [-0.25, -0.2) is 0 Å². The van der Waals surface area contributed by atoms with Gasteiger partial charge in [-0.3, -0.25) is 4.90 Å². The summed E-state index contributed by atoms with van der Waals surface area (Å²) in [5.41, 5.74) is 0. The fourth-order valence-electron chi connectivity index (χ4n) is 3.88. The topological polar surface area (TPSA) is 53.1 Å². The highest BCUT2D eigenvalue weighted by Gasteiger charge is 2.42. The Morgan fingerprint density at radius 3 is 2.57 bits per heavy atom. The molecule has 0 aromatic rings. The van der Waals surface area contributed by atoms with E-state index in [2.05, 4.69) is 4.90 Å². The molecule has 3 fully saturated rings. The fraction of sp³-hybridized carbons (Fsp3) is 1.00. The number of fused-ring (bicyclic) bond motifs is 1. The molecular weight excluding hydrogens is 290 g/mol. The maximum Gasteiger partial charge on any atom is 0.282 e. The van der Waals surface area contributed by atoms with Crippen molar-refractivity contribution in [1.82, 2.24) is 13.5 Å². The minimum absolute atomic E-state index is 0.0617. The Labute approximate surface area is 128 Å². The first-order valence-electron chi connectivity index (χ1n) is 8.06. The summed E-state index contributed by atoms with van der Waals surface area (Å²) in [6.07, 6.45) is 3.92. The average Bonchev–Trinajstić information content (AvgIpc) is 2.93. The Balaban J connectivity index is 1.73. The first kappa shape index (κ1) is 15.7. The molecule has 7 heteroatoms. The van der Waals surface area contributed by atoms with Gasteiger partial charge in [0.25, 0.3) is 10.2 Å². The van der Waals surface area contributed by atoms with Crippen LogP contribution in [0.15, 0.2) is 0 Å². The van der Waals surface area contributed by atoms with Gasteiger partial charge >= 0.3 is 0 Å². The van der Waals surface area contributed by atoms with Crippen LogP contribution in [0.3, 0.4) is 0 Å². The van der Waals surface area contributed by atoms with Crippen LogP contribution in [0.4, 0.5) is 0 Å². The highest BCUT2D eigenvalue weighted by molar-refractivity contribution is 7.86. The summed E-state index contributed by atoms with van der Waals surface area (Å²) < 4.78 is 34.6. The third-order valence-corrected chi connectivity index (χ3v) is 7.37. The lowest BCUT2D eigenvalue weighted by molar-refractivity contribution is 0.0584. The van der Waals surface area contributed by atoms with Crippen LogP contribution >= 0.6 is 0 Å². The Morgan fingerprint density at radius 1 is 1.14 bits per heavy atom. The summed E-state index contributed by atoms with van der Waals surface area (Å²) in [4.78, 5) is 2.45. The SMILES string of the molecule is C[C@H]1CN2CCC[C@H]2CN1S(=O)(=O)N(C)C1CCOCC1. The number of rotatable bonds is 3. The van der Waals surface area contributed by atoms with Gasteiger partial charge in [-0.2, -0.15) is 17.0 Å². The molecule has 0 saturated carbocycles. The minimum Gasteiger partial charge on any atom is -0.381 e. The highest BCUT2D eigenvalue weighted by atomic mass is 32.2. The van der Waals surface area contributed by atoms with Gasteiger partial charge in [0, 0.05) is 51.5 Å². The Hall–Kier alpha value is -0.210. The van der Waals surface area contributed by atoms with Crippen molar-refractivity contribution < 1.29 is 13.2 Å². The Bertz CT molecular complexity index is 464. The van der Waals surface area contributed by atoms with Crippen LogP contribution in [0.1, 0.15) is 32.6 Å². The predicted molar refractivity (Wildman–Crippen MR) is 81.3 cm³/mol. The predicted octanol–water partition coefficient (Wildman–Crippen LogP) is 0.511. The molecule has 122 valence electrons. The molecule has 3 aliphatic rings. The molecule has 0 aliphatic carbocycles. The largest absolute Gasteiger partial charge is 0.381 e. The lowest BCUT2D eigenvalue weighted by atomic mass is 10.1. The molecule has 21 heavy (non-hydrogen) atoms. The second-order valence-electron chi connectivity index (χ2n) is 6.58. The third-order valence-electron chi connectivity index (χ3n) is 5.25. The molecule has 3 saturated heterocycles. The van der Waals surface area contributed by atoms with Crippen molar-refractivity contribution >= 4 is 10.2 Å². The van der Waals surface area contributed by atoms with E-state index in [1.807, 2.05) is 6.92 Å². The van der Waals surface area contributed by atoms with Gasteiger partial charge in [0.1, 0.15) is 0 Å². The molecule has 3 heterocycles. The first-order chi connectivity index (χ1) is 10.00. The molecular formula is C14H27N3O3S. The molecule has 0 N–H and O–H groups in total. The molecule has 0 aromatic heterocycles. The lowest BCUT2D eigenvalue weighted by Crippen LogP contribution is -2.60. The van der Waals surface area contributed by atoms with Gasteiger partial charge in [-0.05, 0) is 39.2 Å². The van der Waals surface area contributed by atoms with Gasteiger partial charge in [0.05, 0.1) is 0 Å². The molecule has 3 rings (SSSR count). The normalized spacial score (nSPS) is 33.5. The third kappa shape index (κ3) is 2.99. The maximum atomic E-state index is 13.0. The Morgan fingerprint density at radius 2 is 1.86 bits per heavy atom. The molecule has 2 atom stereocenters. The number of ether oxygens (including phenoxy) is 1. The van der Waals surface area contributed by atoms with E-state index in [4.69, 9.17) is 4.74 Å². The molecule has 0 aromatic carbocycles. The fourth-order valence-corrected chi connectivity index (χ4v) is 5.68. The minimum atomic E-state index is -3.37. The summed E-state index contributed by atoms with van der Waals surface area (Å²) in [6, 6.07) is 0.559.